The number of hydrogen-bond acceptors (Lipinski definition) is 7. The average molecular weight is 404 g/mol. The van der Waals surface area contributed by atoms with E-state index in [4.69, 9.17) is 0 Å². The van der Waals surface area contributed by atoms with Crippen LogP contribution in [-0.2, 0) is 13.1 Å². The van der Waals surface area contributed by atoms with Crippen molar-refractivity contribution in [1.29, 1.82) is 0 Å². The van der Waals surface area contributed by atoms with Gasteiger partial charge in [0, 0.05) is 19.0 Å². The van der Waals surface area contributed by atoms with Crippen molar-refractivity contribution < 1.29 is 18.6 Å². The number of rotatable bonds is 6. The van der Waals surface area contributed by atoms with Crippen LogP contribution in [0.4, 0.5) is 14.3 Å². The van der Waals surface area contributed by atoms with E-state index < -0.39 is 6.03 Å². The summed E-state index contributed by atoms with van der Waals surface area (Å²) in [6, 6.07) is 5.51. The van der Waals surface area contributed by atoms with Crippen LogP contribution >= 0.6 is 11.3 Å². The van der Waals surface area contributed by atoms with E-state index in [0.29, 0.717) is 22.1 Å². The van der Waals surface area contributed by atoms with Crippen molar-refractivity contribution >= 4 is 28.4 Å². The molecule has 9 nitrogen and oxygen atoms in total. The first-order valence-electron chi connectivity index (χ1n) is 8.20. The molecule has 0 fully saturated rings. The summed E-state index contributed by atoms with van der Waals surface area (Å²) in [4.78, 5) is 30.0. The summed E-state index contributed by atoms with van der Waals surface area (Å²) in [7, 11) is 1.61. The van der Waals surface area contributed by atoms with Gasteiger partial charge in [-0.1, -0.05) is 17.3 Å². The number of nitrogens with one attached hydrogen (secondary N) is 2. The van der Waals surface area contributed by atoms with E-state index in [1.165, 1.54) is 28.4 Å². The molecule has 0 aliphatic rings. The van der Waals surface area contributed by atoms with E-state index in [1.807, 2.05) is 0 Å². The lowest BCUT2D eigenvalue weighted by Crippen LogP contribution is -2.28. The molecular formula is C17H17FN6O3S. The Bertz CT molecular complexity index is 989. The third kappa shape index (κ3) is 4.88. The zero-order valence-electron chi connectivity index (χ0n) is 15.1. The van der Waals surface area contributed by atoms with Crippen LogP contribution in [0, 0.1) is 12.7 Å². The number of amides is 3. The molecule has 0 aliphatic heterocycles. The fourth-order valence-corrected chi connectivity index (χ4v) is 3.03. The Kier molecular flexibility index (Phi) is 5.94. The van der Waals surface area contributed by atoms with Gasteiger partial charge in [-0.05, 0) is 29.8 Å². The minimum atomic E-state index is -0.459. The highest BCUT2D eigenvalue weighted by atomic mass is 32.1. The minimum absolute atomic E-state index is 0.146. The molecule has 3 amide bonds. The van der Waals surface area contributed by atoms with Gasteiger partial charge in [0.25, 0.3) is 5.91 Å². The summed E-state index contributed by atoms with van der Waals surface area (Å²) >= 11 is 1.23. The van der Waals surface area contributed by atoms with Crippen molar-refractivity contribution in [3.05, 3.63) is 58.1 Å². The van der Waals surface area contributed by atoms with Crippen LogP contribution in [0.1, 0.15) is 27.4 Å². The zero-order valence-corrected chi connectivity index (χ0v) is 15.9. The minimum Gasteiger partial charge on any atom is -0.334 e. The Morgan fingerprint density at radius 1 is 1.32 bits per heavy atom. The Labute approximate surface area is 163 Å². The summed E-state index contributed by atoms with van der Waals surface area (Å²) in [6.45, 7) is 2.04. The molecule has 0 saturated heterocycles. The van der Waals surface area contributed by atoms with Gasteiger partial charge in [-0.15, -0.1) is 11.3 Å². The third-order valence-electron chi connectivity index (χ3n) is 3.72. The number of thiazole rings is 1. The summed E-state index contributed by atoms with van der Waals surface area (Å²) in [5.41, 5.74) is 1.81. The fourth-order valence-electron chi connectivity index (χ4n) is 2.33. The standard InChI is InChI=1S/C17H17FN6O3S/c1-10-14(23-27-22-10)15(25)24(2)8-13-9-28-17(20-13)21-16(26)19-7-11-4-3-5-12(18)6-11/h3-6,9H,7-8H2,1-2H3,(H2,19,20,21,26). The number of aromatic nitrogens is 3. The molecule has 0 aliphatic carbocycles. The summed E-state index contributed by atoms with van der Waals surface area (Å²) in [5.74, 6) is -0.700. The molecule has 0 unspecified atom stereocenters. The molecule has 2 N–H and O–H groups in total. The molecule has 146 valence electrons. The Morgan fingerprint density at radius 2 is 2.14 bits per heavy atom. The molecule has 3 aromatic rings. The molecule has 1 aromatic carbocycles. The highest BCUT2D eigenvalue weighted by Crippen LogP contribution is 2.17. The highest BCUT2D eigenvalue weighted by Gasteiger charge is 2.20. The fraction of sp³-hybridized carbons (Fsp3) is 0.235. The molecule has 0 saturated carbocycles. The lowest BCUT2D eigenvalue weighted by Gasteiger charge is -2.13. The number of benzene rings is 1. The van der Waals surface area contributed by atoms with Crippen molar-refractivity contribution in [2.45, 2.75) is 20.0 Å². The molecular weight excluding hydrogens is 387 g/mol. The number of halogens is 1. The van der Waals surface area contributed by atoms with Crippen LogP contribution in [0.15, 0.2) is 34.3 Å². The summed E-state index contributed by atoms with van der Waals surface area (Å²) in [5, 5.41) is 14.5. The van der Waals surface area contributed by atoms with Gasteiger partial charge >= 0.3 is 6.03 Å². The maximum atomic E-state index is 13.1. The van der Waals surface area contributed by atoms with E-state index in [9.17, 15) is 14.0 Å². The maximum absolute atomic E-state index is 13.1. The number of aryl methyl sites for hydroxylation is 1. The lowest BCUT2D eigenvalue weighted by atomic mass is 10.2. The Morgan fingerprint density at radius 3 is 2.86 bits per heavy atom. The largest absolute Gasteiger partial charge is 0.334 e. The van der Waals surface area contributed by atoms with E-state index >= 15 is 0 Å². The van der Waals surface area contributed by atoms with E-state index in [2.05, 4.69) is 30.6 Å². The van der Waals surface area contributed by atoms with Crippen molar-refractivity contribution in [3.63, 3.8) is 0 Å². The quantitative estimate of drug-likeness (QED) is 0.653. The van der Waals surface area contributed by atoms with E-state index in [0.717, 1.165) is 0 Å². The number of anilines is 1. The number of nitrogens with zero attached hydrogens (tertiary/aromatic N) is 4. The smallest absolute Gasteiger partial charge is 0.321 e. The van der Waals surface area contributed by atoms with Crippen LogP contribution in [-0.4, -0.2) is 39.2 Å². The van der Waals surface area contributed by atoms with Crippen LogP contribution in [0.5, 0.6) is 0 Å². The average Bonchev–Trinajstić information content (AvgIpc) is 3.28. The monoisotopic (exact) mass is 404 g/mol. The van der Waals surface area contributed by atoms with E-state index in [1.54, 1.807) is 31.5 Å². The second-order valence-corrected chi connectivity index (χ2v) is 6.80. The van der Waals surface area contributed by atoms with Gasteiger partial charge in [-0.3, -0.25) is 10.1 Å². The van der Waals surface area contributed by atoms with Gasteiger partial charge in [0.15, 0.2) is 10.8 Å². The summed E-state index contributed by atoms with van der Waals surface area (Å²) in [6.07, 6.45) is 0. The maximum Gasteiger partial charge on any atom is 0.321 e. The molecule has 0 bridgehead atoms. The van der Waals surface area contributed by atoms with Gasteiger partial charge in [0.05, 0.1) is 12.2 Å². The normalized spacial score (nSPS) is 10.5. The van der Waals surface area contributed by atoms with Crippen LogP contribution in [0.3, 0.4) is 0 Å². The second-order valence-electron chi connectivity index (χ2n) is 5.94. The van der Waals surface area contributed by atoms with Gasteiger partial charge in [0.1, 0.15) is 11.5 Å². The molecule has 2 aromatic heterocycles. The van der Waals surface area contributed by atoms with Crippen molar-refractivity contribution in [3.8, 4) is 0 Å². The molecule has 0 radical (unpaired) electrons. The van der Waals surface area contributed by atoms with Gasteiger partial charge in [-0.25, -0.2) is 18.8 Å². The van der Waals surface area contributed by atoms with Gasteiger partial charge in [0.2, 0.25) is 0 Å². The van der Waals surface area contributed by atoms with Crippen molar-refractivity contribution in [2.75, 3.05) is 12.4 Å². The van der Waals surface area contributed by atoms with Crippen LogP contribution in [0.25, 0.3) is 0 Å². The zero-order chi connectivity index (χ0) is 20.1. The Balaban J connectivity index is 1.51. The number of carbonyl (C=O) groups is 2. The second kappa shape index (κ2) is 8.57. The van der Waals surface area contributed by atoms with Crippen LogP contribution in [0.2, 0.25) is 0 Å². The number of hydrogen-bond donors (Lipinski definition) is 2. The number of urea groups is 1. The molecule has 2 heterocycles. The van der Waals surface area contributed by atoms with Gasteiger partial charge in [-0.2, -0.15) is 0 Å². The van der Waals surface area contributed by atoms with Gasteiger partial charge < -0.3 is 10.2 Å². The number of carbonyl (C=O) groups excluding carboxylic acids is 2. The molecule has 0 atom stereocenters. The molecule has 0 spiro atoms. The SMILES string of the molecule is Cc1nonc1C(=O)N(C)Cc1csc(NC(=O)NCc2cccc(F)c2)n1. The Hall–Kier alpha value is -3.34. The predicted octanol–water partition coefficient (Wildman–Crippen LogP) is 2.57. The molecule has 3 rings (SSSR count). The third-order valence-corrected chi connectivity index (χ3v) is 4.52. The van der Waals surface area contributed by atoms with Crippen molar-refractivity contribution in [1.82, 2.24) is 25.5 Å². The predicted molar refractivity (Wildman–Crippen MR) is 99.2 cm³/mol. The first-order chi connectivity index (χ1) is 13.4. The lowest BCUT2D eigenvalue weighted by molar-refractivity contribution is 0.0772. The summed E-state index contributed by atoms with van der Waals surface area (Å²) < 4.78 is 17.7. The molecule has 28 heavy (non-hydrogen) atoms. The first kappa shape index (κ1) is 19.4. The topological polar surface area (TPSA) is 113 Å². The highest BCUT2D eigenvalue weighted by molar-refractivity contribution is 7.13. The molecule has 11 heteroatoms. The van der Waals surface area contributed by atoms with Crippen LogP contribution < -0.4 is 10.6 Å². The van der Waals surface area contributed by atoms with E-state index in [-0.39, 0.29) is 30.5 Å². The first-order valence-corrected chi connectivity index (χ1v) is 9.08. The van der Waals surface area contributed by atoms with Crippen molar-refractivity contribution in [2.24, 2.45) is 0 Å².